The van der Waals surface area contributed by atoms with Gasteiger partial charge in [-0.15, -0.1) is 0 Å². The van der Waals surface area contributed by atoms with E-state index in [2.05, 4.69) is 26.8 Å². The Morgan fingerprint density at radius 1 is 1.24 bits per heavy atom. The first-order valence-electron chi connectivity index (χ1n) is 9.98. The number of carbonyl (C=O) groups is 2. The van der Waals surface area contributed by atoms with Gasteiger partial charge < -0.3 is 10.2 Å². The van der Waals surface area contributed by atoms with Crippen LogP contribution in [-0.4, -0.2) is 75.5 Å². The molecule has 0 saturated carbocycles. The molecule has 0 aliphatic carbocycles. The molecule has 12 heteroatoms. The van der Waals surface area contributed by atoms with Gasteiger partial charge in [0.15, 0.2) is 0 Å². The van der Waals surface area contributed by atoms with Crippen LogP contribution < -0.4 is 5.32 Å². The summed E-state index contributed by atoms with van der Waals surface area (Å²) in [7, 11) is 1.45. The van der Waals surface area contributed by atoms with Gasteiger partial charge in [0.05, 0.1) is 24.0 Å². The van der Waals surface area contributed by atoms with E-state index in [4.69, 9.17) is 11.6 Å². The van der Waals surface area contributed by atoms with E-state index in [0.29, 0.717) is 5.56 Å². The fourth-order valence-electron chi connectivity index (χ4n) is 3.79. The summed E-state index contributed by atoms with van der Waals surface area (Å²) in [6.07, 6.45) is -2.12. The average molecular weight is 483 g/mol. The molecule has 0 aromatic carbocycles. The zero-order valence-corrected chi connectivity index (χ0v) is 18.7. The van der Waals surface area contributed by atoms with Crippen molar-refractivity contribution in [2.45, 2.75) is 25.2 Å². The molecule has 1 aliphatic heterocycles. The van der Waals surface area contributed by atoms with Crippen molar-refractivity contribution in [3.63, 3.8) is 0 Å². The molecular weight excluding hydrogens is 461 g/mol. The summed E-state index contributed by atoms with van der Waals surface area (Å²) in [6, 6.07) is 3.05. The maximum absolute atomic E-state index is 13.4. The molecule has 3 rings (SSSR count). The zero-order valence-electron chi connectivity index (χ0n) is 17.9. The van der Waals surface area contributed by atoms with Crippen molar-refractivity contribution in [1.82, 2.24) is 30.1 Å². The lowest BCUT2D eigenvalue weighted by atomic mass is 9.98. The van der Waals surface area contributed by atoms with Crippen LogP contribution in [0.15, 0.2) is 37.2 Å². The van der Waals surface area contributed by atoms with Crippen LogP contribution in [-0.2, 0) is 4.79 Å². The third-order valence-electron chi connectivity index (χ3n) is 5.28. The number of amides is 2. The second kappa shape index (κ2) is 9.84. The standard InChI is InChI=1S/C21H22ClF3N6O2/c1-4-19(32)30-8-12(2)31(10-21(23,24)25)17(9-30)13-5-15(29-18(22)6-13)14-7-16(20(33)26-3)28-11-27-14/h4-7,11-12,17H,1,8-10H2,2-3H3,(H,26,33)/t12-,17+/m1/s1. The van der Waals surface area contributed by atoms with Gasteiger partial charge in [0, 0.05) is 26.2 Å². The van der Waals surface area contributed by atoms with Crippen LogP contribution >= 0.6 is 11.6 Å². The van der Waals surface area contributed by atoms with Gasteiger partial charge in [0.1, 0.15) is 17.2 Å². The highest BCUT2D eigenvalue weighted by Crippen LogP contribution is 2.34. The Morgan fingerprint density at radius 2 is 1.97 bits per heavy atom. The first-order chi connectivity index (χ1) is 15.5. The fraction of sp³-hybridized carbons (Fsp3) is 0.381. The molecule has 2 amide bonds. The molecule has 0 radical (unpaired) electrons. The smallest absolute Gasteiger partial charge is 0.354 e. The van der Waals surface area contributed by atoms with Crippen molar-refractivity contribution < 1.29 is 22.8 Å². The number of nitrogens with one attached hydrogen (secondary N) is 1. The van der Waals surface area contributed by atoms with Crippen LogP contribution in [0.3, 0.4) is 0 Å². The molecule has 0 unspecified atom stereocenters. The van der Waals surface area contributed by atoms with Crippen molar-refractivity contribution in [3.8, 4) is 11.4 Å². The van der Waals surface area contributed by atoms with Gasteiger partial charge in [-0.3, -0.25) is 14.5 Å². The van der Waals surface area contributed by atoms with Gasteiger partial charge in [-0.1, -0.05) is 18.2 Å². The number of halogens is 4. The first kappa shape index (κ1) is 24.6. The molecule has 2 aromatic rings. The molecule has 0 spiro atoms. The Morgan fingerprint density at radius 3 is 2.61 bits per heavy atom. The molecule has 3 heterocycles. The number of piperazine rings is 1. The lowest BCUT2D eigenvalue weighted by Gasteiger charge is -2.46. The van der Waals surface area contributed by atoms with Gasteiger partial charge in [0.25, 0.3) is 5.91 Å². The minimum Gasteiger partial charge on any atom is -0.354 e. The zero-order chi connectivity index (χ0) is 24.3. The number of hydrogen-bond donors (Lipinski definition) is 1. The van der Waals surface area contributed by atoms with Gasteiger partial charge in [0.2, 0.25) is 5.91 Å². The minimum absolute atomic E-state index is 0.0122. The summed E-state index contributed by atoms with van der Waals surface area (Å²) in [6.45, 7) is 4.09. The van der Waals surface area contributed by atoms with Crippen LogP contribution in [0.5, 0.6) is 0 Å². The Labute approximate surface area is 193 Å². The SMILES string of the molecule is C=CC(=O)N1C[C@@H](C)N(CC(F)(F)F)[C@H](c2cc(Cl)nc(-c3cc(C(=O)NC)ncn3)c2)C1. The van der Waals surface area contributed by atoms with Crippen LogP contribution in [0.4, 0.5) is 13.2 Å². The predicted octanol–water partition coefficient (Wildman–Crippen LogP) is 2.87. The third-order valence-corrected chi connectivity index (χ3v) is 5.48. The Hall–Kier alpha value is -3.05. The number of hydrogen-bond acceptors (Lipinski definition) is 6. The fourth-order valence-corrected chi connectivity index (χ4v) is 4.01. The van der Waals surface area contributed by atoms with E-state index < -0.39 is 30.7 Å². The predicted molar refractivity (Wildman–Crippen MR) is 115 cm³/mol. The maximum Gasteiger partial charge on any atom is 0.401 e. The highest BCUT2D eigenvalue weighted by molar-refractivity contribution is 6.29. The number of aromatic nitrogens is 3. The van der Waals surface area contributed by atoms with Crippen molar-refractivity contribution in [3.05, 3.63) is 53.6 Å². The summed E-state index contributed by atoms with van der Waals surface area (Å²) in [5, 5.41) is 2.49. The van der Waals surface area contributed by atoms with E-state index in [-0.39, 0.29) is 41.2 Å². The second-order valence-corrected chi connectivity index (χ2v) is 7.96. The lowest BCUT2D eigenvalue weighted by Crippen LogP contribution is -2.56. The maximum atomic E-state index is 13.4. The number of rotatable bonds is 5. The number of alkyl halides is 3. The molecule has 176 valence electrons. The molecule has 8 nitrogen and oxygen atoms in total. The molecule has 0 bridgehead atoms. The molecule has 1 aliphatic rings. The van der Waals surface area contributed by atoms with E-state index in [1.807, 2.05) is 0 Å². The monoisotopic (exact) mass is 482 g/mol. The van der Waals surface area contributed by atoms with Crippen molar-refractivity contribution in [2.24, 2.45) is 0 Å². The van der Waals surface area contributed by atoms with Crippen LogP contribution in [0.1, 0.15) is 29.0 Å². The summed E-state index contributed by atoms with van der Waals surface area (Å²) in [5.41, 5.74) is 1.07. The van der Waals surface area contributed by atoms with Crippen LogP contribution in [0, 0.1) is 0 Å². The van der Waals surface area contributed by atoms with E-state index in [1.165, 1.54) is 35.3 Å². The van der Waals surface area contributed by atoms with Crippen molar-refractivity contribution >= 4 is 23.4 Å². The highest BCUT2D eigenvalue weighted by atomic mass is 35.5. The van der Waals surface area contributed by atoms with E-state index in [1.54, 1.807) is 13.0 Å². The largest absolute Gasteiger partial charge is 0.401 e. The Kier molecular flexibility index (Phi) is 7.33. The van der Waals surface area contributed by atoms with Gasteiger partial charge >= 0.3 is 6.18 Å². The second-order valence-electron chi connectivity index (χ2n) is 7.58. The summed E-state index contributed by atoms with van der Waals surface area (Å²) in [5.74, 6) is -0.804. The van der Waals surface area contributed by atoms with E-state index in [9.17, 15) is 22.8 Å². The van der Waals surface area contributed by atoms with E-state index >= 15 is 0 Å². The summed E-state index contributed by atoms with van der Waals surface area (Å²) in [4.78, 5) is 39.1. The molecular formula is C21H22ClF3N6O2. The quantitative estimate of drug-likeness (QED) is 0.520. The van der Waals surface area contributed by atoms with Crippen molar-refractivity contribution in [2.75, 3.05) is 26.7 Å². The van der Waals surface area contributed by atoms with E-state index in [0.717, 1.165) is 6.08 Å². The van der Waals surface area contributed by atoms with Gasteiger partial charge in [-0.25, -0.2) is 15.0 Å². The third kappa shape index (κ3) is 5.85. The number of pyridine rings is 1. The average Bonchev–Trinajstić information content (AvgIpc) is 2.78. The minimum atomic E-state index is -4.44. The molecule has 1 fully saturated rings. The topological polar surface area (TPSA) is 91.3 Å². The molecule has 33 heavy (non-hydrogen) atoms. The van der Waals surface area contributed by atoms with Gasteiger partial charge in [-0.05, 0) is 36.8 Å². The summed E-state index contributed by atoms with van der Waals surface area (Å²) < 4.78 is 40.1. The summed E-state index contributed by atoms with van der Waals surface area (Å²) >= 11 is 6.22. The lowest BCUT2D eigenvalue weighted by molar-refractivity contribution is -0.165. The highest BCUT2D eigenvalue weighted by Gasteiger charge is 2.41. The van der Waals surface area contributed by atoms with Crippen LogP contribution in [0.2, 0.25) is 5.15 Å². The molecule has 1 saturated heterocycles. The van der Waals surface area contributed by atoms with Crippen molar-refractivity contribution in [1.29, 1.82) is 0 Å². The molecule has 1 N–H and O–H groups in total. The number of carbonyl (C=O) groups excluding carboxylic acids is 2. The van der Waals surface area contributed by atoms with Gasteiger partial charge in [-0.2, -0.15) is 13.2 Å². The number of nitrogens with zero attached hydrogens (tertiary/aromatic N) is 5. The Bertz CT molecular complexity index is 1060. The normalized spacial score (nSPS) is 19.3. The first-order valence-corrected chi connectivity index (χ1v) is 10.4. The molecule has 2 atom stereocenters. The molecule has 2 aromatic heterocycles. The van der Waals surface area contributed by atoms with Crippen LogP contribution in [0.25, 0.3) is 11.4 Å². The Balaban J connectivity index is 2.06.